The summed E-state index contributed by atoms with van der Waals surface area (Å²) in [7, 11) is 4.51. The molecule has 0 fully saturated rings. The van der Waals surface area contributed by atoms with E-state index in [1.54, 1.807) is 31.2 Å². The molecule has 0 aliphatic heterocycles. The molecule has 140 valence electrons. The molecule has 1 heterocycles. The van der Waals surface area contributed by atoms with Crippen molar-refractivity contribution in [1.82, 2.24) is 0 Å². The van der Waals surface area contributed by atoms with Crippen LogP contribution in [-0.2, 0) is 0 Å². The van der Waals surface area contributed by atoms with Gasteiger partial charge in [0.2, 0.25) is 11.5 Å². The zero-order valence-corrected chi connectivity index (χ0v) is 16.3. The molecule has 4 nitrogen and oxygen atoms in total. The molecule has 0 spiro atoms. The van der Waals surface area contributed by atoms with Crippen LogP contribution in [0.25, 0.3) is 11.1 Å². The zero-order valence-electron chi connectivity index (χ0n) is 15.5. The predicted octanol–water partition coefficient (Wildman–Crippen LogP) is 5.12. The van der Waals surface area contributed by atoms with Crippen LogP contribution in [0.2, 0.25) is 0 Å². The Labute approximate surface area is 161 Å². The van der Waals surface area contributed by atoms with E-state index in [2.05, 4.69) is 0 Å². The number of methoxy groups -OCH3 is 3. The molecule has 27 heavy (non-hydrogen) atoms. The van der Waals surface area contributed by atoms with Gasteiger partial charge in [-0.25, -0.2) is 4.39 Å². The van der Waals surface area contributed by atoms with Gasteiger partial charge < -0.3 is 14.2 Å². The van der Waals surface area contributed by atoms with Crippen LogP contribution < -0.4 is 14.2 Å². The van der Waals surface area contributed by atoms with Crippen LogP contribution >= 0.6 is 11.3 Å². The highest BCUT2D eigenvalue weighted by molar-refractivity contribution is 7.12. The Morgan fingerprint density at radius 1 is 0.926 bits per heavy atom. The Balaban J connectivity index is 1.97. The molecule has 0 radical (unpaired) electrons. The van der Waals surface area contributed by atoms with Crippen molar-refractivity contribution >= 4 is 17.1 Å². The lowest BCUT2D eigenvalue weighted by Crippen LogP contribution is -2.02. The van der Waals surface area contributed by atoms with E-state index in [0.29, 0.717) is 33.3 Å². The van der Waals surface area contributed by atoms with E-state index in [4.69, 9.17) is 14.2 Å². The second kappa shape index (κ2) is 7.80. The predicted molar refractivity (Wildman–Crippen MR) is 104 cm³/mol. The molecule has 0 saturated heterocycles. The fraction of sp³-hybridized carbons (Fsp3) is 0.190. The number of hydrogen-bond acceptors (Lipinski definition) is 5. The van der Waals surface area contributed by atoms with Gasteiger partial charge in [-0.15, -0.1) is 11.3 Å². The van der Waals surface area contributed by atoms with Crippen LogP contribution in [0.4, 0.5) is 4.39 Å². The van der Waals surface area contributed by atoms with Crippen molar-refractivity contribution in [2.24, 2.45) is 0 Å². The quantitative estimate of drug-likeness (QED) is 0.552. The van der Waals surface area contributed by atoms with Gasteiger partial charge in [0.25, 0.3) is 0 Å². The van der Waals surface area contributed by atoms with Crippen molar-refractivity contribution in [3.05, 3.63) is 63.6 Å². The van der Waals surface area contributed by atoms with Crippen LogP contribution in [-0.4, -0.2) is 27.1 Å². The molecule has 0 N–H and O–H groups in total. The SMILES string of the molecule is COc1cc(C(=O)c2cc(-c3ccc(C)c(F)c3)cs2)cc(OC)c1OC. The molecule has 1 aromatic heterocycles. The highest BCUT2D eigenvalue weighted by atomic mass is 32.1. The summed E-state index contributed by atoms with van der Waals surface area (Å²) >= 11 is 1.31. The number of benzene rings is 2. The number of hydrogen-bond donors (Lipinski definition) is 0. The molecule has 6 heteroatoms. The van der Waals surface area contributed by atoms with Crippen molar-refractivity contribution < 1.29 is 23.4 Å². The van der Waals surface area contributed by atoms with E-state index in [1.807, 2.05) is 11.4 Å². The Kier molecular flexibility index (Phi) is 5.46. The fourth-order valence-electron chi connectivity index (χ4n) is 2.73. The largest absolute Gasteiger partial charge is 0.493 e. The maximum atomic E-state index is 13.8. The van der Waals surface area contributed by atoms with Crippen molar-refractivity contribution in [2.45, 2.75) is 6.92 Å². The third-order valence-electron chi connectivity index (χ3n) is 4.26. The molecule has 0 bridgehead atoms. The van der Waals surface area contributed by atoms with E-state index in [-0.39, 0.29) is 11.6 Å². The summed E-state index contributed by atoms with van der Waals surface area (Å²) in [6.07, 6.45) is 0. The first-order valence-electron chi connectivity index (χ1n) is 8.18. The van der Waals surface area contributed by atoms with Gasteiger partial charge in [-0.05, 0) is 53.3 Å². The van der Waals surface area contributed by atoms with E-state index in [1.165, 1.54) is 38.7 Å². The Morgan fingerprint density at radius 3 is 2.15 bits per heavy atom. The topological polar surface area (TPSA) is 44.8 Å². The fourth-order valence-corrected chi connectivity index (χ4v) is 3.61. The molecule has 0 saturated carbocycles. The maximum Gasteiger partial charge on any atom is 0.203 e. The first-order chi connectivity index (χ1) is 13.0. The normalized spacial score (nSPS) is 10.6. The number of aryl methyl sites for hydroxylation is 1. The lowest BCUT2D eigenvalue weighted by atomic mass is 10.0. The Morgan fingerprint density at radius 2 is 1.59 bits per heavy atom. The van der Waals surface area contributed by atoms with Crippen molar-refractivity contribution in [1.29, 1.82) is 0 Å². The first kappa shape index (κ1) is 18.9. The molecule has 3 aromatic rings. The van der Waals surface area contributed by atoms with Gasteiger partial charge in [0.15, 0.2) is 11.5 Å². The smallest absolute Gasteiger partial charge is 0.203 e. The standard InChI is InChI=1S/C21H19FO4S/c1-12-5-6-13(7-16(12)22)15-10-19(27-11-15)20(23)14-8-17(24-2)21(26-4)18(9-14)25-3/h5-11H,1-4H3. The number of halogens is 1. The number of carbonyl (C=O) groups excluding carboxylic acids is 1. The molecule has 0 amide bonds. The number of ether oxygens (including phenoxy) is 3. The van der Waals surface area contributed by atoms with Gasteiger partial charge in [0.05, 0.1) is 26.2 Å². The summed E-state index contributed by atoms with van der Waals surface area (Å²) in [5, 5.41) is 1.84. The lowest BCUT2D eigenvalue weighted by molar-refractivity contribution is 0.104. The summed E-state index contributed by atoms with van der Waals surface area (Å²) in [5.41, 5.74) is 2.55. The molecule has 0 aliphatic rings. The number of thiophene rings is 1. The van der Waals surface area contributed by atoms with Gasteiger partial charge >= 0.3 is 0 Å². The van der Waals surface area contributed by atoms with Gasteiger partial charge in [-0.2, -0.15) is 0 Å². The van der Waals surface area contributed by atoms with E-state index in [0.717, 1.165) is 11.1 Å². The molecule has 0 aliphatic carbocycles. The Hall–Kier alpha value is -2.86. The molecule has 2 aromatic carbocycles. The summed E-state index contributed by atoms with van der Waals surface area (Å²) in [6.45, 7) is 1.71. The number of ketones is 1. The Bertz CT molecular complexity index is 969. The van der Waals surface area contributed by atoms with E-state index < -0.39 is 0 Å². The second-order valence-corrected chi connectivity index (χ2v) is 6.82. The number of rotatable bonds is 6. The summed E-state index contributed by atoms with van der Waals surface area (Å²) < 4.78 is 29.7. The molecule has 0 atom stereocenters. The van der Waals surface area contributed by atoms with E-state index in [9.17, 15) is 9.18 Å². The summed E-state index contributed by atoms with van der Waals surface area (Å²) in [6, 6.07) is 10.0. The van der Waals surface area contributed by atoms with Crippen LogP contribution in [0.15, 0.2) is 41.8 Å². The van der Waals surface area contributed by atoms with Crippen LogP contribution in [0.3, 0.4) is 0 Å². The number of carbonyl (C=O) groups is 1. The highest BCUT2D eigenvalue weighted by Gasteiger charge is 2.19. The minimum absolute atomic E-state index is 0.168. The minimum atomic E-state index is -0.267. The minimum Gasteiger partial charge on any atom is -0.493 e. The van der Waals surface area contributed by atoms with E-state index >= 15 is 0 Å². The highest BCUT2D eigenvalue weighted by Crippen LogP contribution is 2.39. The molecule has 3 rings (SSSR count). The second-order valence-electron chi connectivity index (χ2n) is 5.91. The maximum absolute atomic E-state index is 13.8. The lowest BCUT2D eigenvalue weighted by Gasteiger charge is -2.13. The average Bonchev–Trinajstić information content (AvgIpc) is 3.18. The third-order valence-corrected chi connectivity index (χ3v) is 5.18. The molecular formula is C21H19FO4S. The van der Waals surface area contributed by atoms with Gasteiger partial charge in [-0.1, -0.05) is 12.1 Å². The first-order valence-corrected chi connectivity index (χ1v) is 9.06. The van der Waals surface area contributed by atoms with Crippen LogP contribution in [0, 0.1) is 12.7 Å². The van der Waals surface area contributed by atoms with Gasteiger partial charge in [0.1, 0.15) is 5.82 Å². The van der Waals surface area contributed by atoms with Crippen LogP contribution in [0.1, 0.15) is 20.8 Å². The summed E-state index contributed by atoms with van der Waals surface area (Å²) in [5.74, 6) is 0.822. The zero-order chi connectivity index (χ0) is 19.6. The van der Waals surface area contributed by atoms with Crippen molar-refractivity contribution in [3.8, 4) is 28.4 Å². The average molecular weight is 386 g/mol. The van der Waals surface area contributed by atoms with Crippen LogP contribution in [0.5, 0.6) is 17.2 Å². The molecular weight excluding hydrogens is 367 g/mol. The van der Waals surface area contributed by atoms with Gasteiger partial charge in [-0.3, -0.25) is 4.79 Å². The van der Waals surface area contributed by atoms with Crippen molar-refractivity contribution in [3.63, 3.8) is 0 Å². The van der Waals surface area contributed by atoms with Crippen molar-refractivity contribution in [2.75, 3.05) is 21.3 Å². The molecule has 0 unspecified atom stereocenters. The van der Waals surface area contributed by atoms with Gasteiger partial charge in [0, 0.05) is 5.56 Å². The monoisotopic (exact) mass is 386 g/mol. The third kappa shape index (κ3) is 3.66. The summed E-state index contributed by atoms with van der Waals surface area (Å²) in [4.78, 5) is 13.5.